The summed E-state index contributed by atoms with van der Waals surface area (Å²) in [6, 6.07) is 3.45. The maximum absolute atomic E-state index is 13.4. The fourth-order valence-electron chi connectivity index (χ4n) is 1.50. The first-order valence-corrected chi connectivity index (χ1v) is 5.05. The number of nitrogens with zero attached hydrogens (tertiary/aromatic N) is 1. The summed E-state index contributed by atoms with van der Waals surface area (Å²) in [5.41, 5.74) is 5.07. The van der Waals surface area contributed by atoms with E-state index in [0.717, 1.165) is 12.1 Å². The Kier molecular flexibility index (Phi) is 4.07. The second-order valence-electron chi connectivity index (χ2n) is 4.01. The van der Waals surface area contributed by atoms with Gasteiger partial charge in [0.05, 0.1) is 11.0 Å². The molecular formula is C10H7ClF7N3. The maximum Gasteiger partial charge on any atom is 0.460 e. The van der Waals surface area contributed by atoms with Crippen LogP contribution in [0.2, 0.25) is 0 Å². The number of fused-ring (bicyclic) bond motifs is 1. The number of imidazole rings is 1. The van der Waals surface area contributed by atoms with E-state index in [1.54, 1.807) is 4.98 Å². The summed E-state index contributed by atoms with van der Waals surface area (Å²) in [7, 11) is 0. The molecule has 0 radical (unpaired) electrons. The van der Waals surface area contributed by atoms with E-state index >= 15 is 0 Å². The van der Waals surface area contributed by atoms with E-state index < -0.39 is 23.8 Å². The molecule has 3 nitrogen and oxygen atoms in total. The third-order valence-electron chi connectivity index (χ3n) is 2.55. The van der Waals surface area contributed by atoms with Gasteiger partial charge in [0, 0.05) is 5.69 Å². The molecule has 0 fully saturated rings. The van der Waals surface area contributed by atoms with Crippen LogP contribution in [0.4, 0.5) is 36.4 Å². The van der Waals surface area contributed by atoms with Crippen LogP contribution in [0, 0.1) is 0 Å². The van der Waals surface area contributed by atoms with Crippen molar-refractivity contribution in [1.82, 2.24) is 9.97 Å². The average molecular weight is 338 g/mol. The molecule has 0 aliphatic rings. The molecule has 2 aromatic rings. The monoisotopic (exact) mass is 337 g/mol. The molecule has 0 aliphatic carbocycles. The van der Waals surface area contributed by atoms with Gasteiger partial charge in [0.1, 0.15) is 0 Å². The molecule has 118 valence electrons. The highest BCUT2D eigenvalue weighted by molar-refractivity contribution is 5.85. The Bertz CT molecular complexity index is 650. The maximum atomic E-state index is 13.4. The molecule has 0 spiro atoms. The van der Waals surface area contributed by atoms with Crippen LogP contribution in [0.3, 0.4) is 0 Å². The summed E-state index contributed by atoms with van der Waals surface area (Å²) in [6.45, 7) is 0. The van der Waals surface area contributed by atoms with E-state index in [2.05, 4.69) is 4.98 Å². The molecule has 0 aliphatic heterocycles. The zero-order valence-corrected chi connectivity index (χ0v) is 10.6. The first-order valence-electron chi connectivity index (χ1n) is 5.05. The van der Waals surface area contributed by atoms with Crippen molar-refractivity contribution in [2.24, 2.45) is 0 Å². The molecule has 21 heavy (non-hydrogen) atoms. The Morgan fingerprint density at radius 2 is 1.57 bits per heavy atom. The first kappa shape index (κ1) is 17.3. The highest BCUT2D eigenvalue weighted by Crippen LogP contribution is 2.51. The second kappa shape index (κ2) is 4.93. The van der Waals surface area contributed by atoms with Crippen LogP contribution in [0.15, 0.2) is 18.2 Å². The summed E-state index contributed by atoms with van der Waals surface area (Å²) >= 11 is 0. The Balaban J connectivity index is 0.00000220. The van der Waals surface area contributed by atoms with Crippen molar-refractivity contribution in [2.75, 3.05) is 5.73 Å². The van der Waals surface area contributed by atoms with Gasteiger partial charge in [-0.3, -0.25) is 0 Å². The van der Waals surface area contributed by atoms with Crippen molar-refractivity contribution in [3.05, 3.63) is 24.0 Å². The highest BCUT2D eigenvalue weighted by atomic mass is 35.5. The zero-order chi connectivity index (χ0) is 15.3. The number of benzene rings is 1. The van der Waals surface area contributed by atoms with Gasteiger partial charge < -0.3 is 10.7 Å². The van der Waals surface area contributed by atoms with E-state index in [1.165, 1.54) is 6.07 Å². The number of hydrogen-bond donors (Lipinski definition) is 2. The molecule has 2 rings (SSSR count). The van der Waals surface area contributed by atoms with Crippen LogP contribution in [0.25, 0.3) is 11.0 Å². The normalized spacial score (nSPS) is 13.3. The number of H-pyrrole nitrogens is 1. The lowest BCUT2D eigenvalue weighted by Gasteiger charge is -2.26. The largest absolute Gasteiger partial charge is 0.460 e. The average Bonchev–Trinajstić information content (AvgIpc) is 2.70. The number of aromatic amines is 1. The molecule has 0 saturated heterocycles. The molecule has 0 bridgehead atoms. The van der Waals surface area contributed by atoms with E-state index in [9.17, 15) is 30.7 Å². The molecule has 0 saturated carbocycles. The number of halogens is 8. The van der Waals surface area contributed by atoms with Gasteiger partial charge in [-0.2, -0.15) is 30.7 Å². The summed E-state index contributed by atoms with van der Waals surface area (Å²) in [5.74, 6) is -13.6. The number of rotatable bonds is 2. The topological polar surface area (TPSA) is 54.7 Å². The zero-order valence-electron chi connectivity index (χ0n) is 9.81. The smallest absolute Gasteiger partial charge is 0.399 e. The Morgan fingerprint density at radius 1 is 1.00 bits per heavy atom. The Labute approximate surface area is 118 Å². The standard InChI is InChI=1S/C10H6F7N3.ClH/c11-8(12,9(13,14)10(15,16)17)7-19-5-2-1-4(18)3-6(5)20-7;/h1-3H,18H2,(H,19,20);1H. The van der Waals surface area contributed by atoms with Crippen LogP contribution in [0.5, 0.6) is 0 Å². The van der Waals surface area contributed by atoms with Gasteiger partial charge in [-0.1, -0.05) is 0 Å². The van der Waals surface area contributed by atoms with E-state index in [4.69, 9.17) is 5.73 Å². The quantitative estimate of drug-likeness (QED) is 0.646. The SMILES string of the molecule is Cl.Nc1ccc2nc(C(F)(F)C(F)(F)C(F)(F)F)[nH]c2c1. The lowest BCUT2D eigenvalue weighted by Crippen LogP contribution is -2.50. The molecule has 1 aromatic carbocycles. The van der Waals surface area contributed by atoms with Gasteiger partial charge >= 0.3 is 18.0 Å². The van der Waals surface area contributed by atoms with Crippen molar-refractivity contribution < 1.29 is 30.7 Å². The Morgan fingerprint density at radius 3 is 2.10 bits per heavy atom. The van der Waals surface area contributed by atoms with Crippen LogP contribution < -0.4 is 5.73 Å². The number of nitrogens with two attached hydrogens (primary N) is 1. The number of hydrogen-bond acceptors (Lipinski definition) is 2. The van der Waals surface area contributed by atoms with Crippen molar-refractivity contribution in [3.8, 4) is 0 Å². The minimum absolute atomic E-state index is 0. The van der Waals surface area contributed by atoms with Crippen molar-refractivity contribution in [3.63, 3.8) is 0 Å². The van der Waals surface area contributed by atoms with Gasteiger partial charge in [-0.25, -0.2) is 4.98 Å². The second-order valence-corrected chi connectivity index (χ2v) is 4.01. The molecule has 0 atom stereocenters. The minimum atomic E-state index is -6.41. The van der Waals surface area contributed by atoms with Crippen LogP contribution in [0.1, 0.15) is 5.82 Å². The molecule has 0 amide bonds. The van der Waals surface area contributed by atoms with Gasteiger partial charge in [-0.05, 0) is 18.2 Å². The lowest BCUT2D eigenvalue weighted by molar-refractivity contribution is -0.361. The molecule has 3 N–H and O–H groups in total. The van der Waals surface area contributed by atoms with E-state index in [0.29, 0.717) is 0 Å². The van der Waals surface area contributed by atoms with E-state index in [-0.39, 0.29) is 29.1 Å². The van der Waals surface area contributed by atoms with Gasteiger partial charge in [0.15, 0.2) is 5.82 Å². The molecule has 1 aromatic heterocycles. The van der Waals surface area contributed by atoms with E-state index in [1.807, 2.05) is 0 Å². The fourth-order valence-corrected chi connectivity index (χ4v) is 1.50. The molecular weight excluding hydrogens is 331 g/mol. The molecule has 11 heteroatoms. The van der Waals surface area contributed by atoms with Crippen LogP contribution >= 0.6 is 12.4 Å². The number of aromatic nitrogens is 2. The van der Waals surface area contributed by atoms with Crippen molar-refractivity contribution >= 4 is 29.1 Å². The number of anilines is 1. The van der Waals surface area contributed by atoms with Crippen LogP contribution in [-0.2, 0) is 5.92 Å². The molecule has 0 unspecified atom stereocenters. The summed E-state index contributed by atoms with van der Waals surface area (Å²) in [4.78, 5) is 4.80. The predicted octanol–water partition coefficient (Wildman–Crippen LogP) is 3.86. The lowest BCUT2D eigenvalue weighted by atomic mass is 10.1. The summed E-state index contributed by atoms with van der Waals surface area (Å²) in [5, 5.41) is 0. The van der Waals surface area contributed by atoms with Crippen LogP contribution in [-0.4, -0.2) is 22.1 Å². The minimum Gasteiger partial charge on any atom is -0.399 e. The van der Waals surface area contributed by atoms with Gasteiger partial charge in [0.25, 0.3) is 0 Å². The van der Waals surface area contributed by atoms with Crippen molar-refractivity contribution in [1.29, 1.82) is 0 Å². The molecule has 1 heterocycles. The van der Waals surface area contributed by atoms with Crippen molar-refractivity contribution in [2.45, 2.75) is 18.0 Å². The number of alkyl halides is 7. The number of nitrogen functional groups attached to an aromatic ring is 1. The fraction of sp³-hybridized carbons (Fsp3) is 0.300. The van der Waals surface area contributed by atoms with Gasteiger partial charge in [0.2, 0.25) is 0 Å². The highest BCUT2D eigenvalue weighted by Gasteiger charge is 2.74. The van der Waals surface area contributed by atoms with Gasteiger partial charge in [-0.15, -0.1) is 12.4 Å². The summed E-state index contributed by atoms with van der Waals surface area (Å²) in [6.07, 6.45) is -6.41. The predicted molar refractivity (Wildman–Crippen MR) is 62.7 cm³/mol. The first-order chi connectivity index (χ1) is 8.97. The number of nitrogens with one attached hydrogen (secondary N) is 1. The Hall–Kier alpha value is -1.71. The summed E-state index contributed by atoms with van der Waals surface area (Å²) < 4.78 is 88.6. The third kappa shape index (κ3) is 2.59. The third-order valence-corrected chi connectivity index (χ3v) is 2.55.